The molecule has 2 aliphatic rings. The van der Waals surface area contributed by atoms with Gasteiger partial charge in [-0.2, -0.15) is 0 Å². The van der Waals surface area contributed by atoms with E-state index in [0.717, 1.165) is 5.84 Å². The first-order valence-electron chi connectivity index (χ1n) is 4.96. The van der Waals surface area contributed by atoms with Gasteiger partial charge in [-0.15, -0.1) is 0 Å². The summed E-state index contributed by atoms with van der Waals surface area (Å²) >= 11 is 0. The molecule has 2 aliphatic heterocycles. The van der Waals surface area contributed by atoms with E-state index in [4.69, 9.17) is 0 Å². The first-order chi connectivity index (χ1) is 7.52. The smallest absolute Gasteiger partial charge is 0.353 e. The topological polar surface area (TPSA) is 74.3 Å². The van der Waals surface area contributed by atoms with Crippen molar-refractivity contribution in [2.45, 2.75) is 6.92 Å². The zero-order chi connectivity index (χ0) is 11.9. The van der Waals surface area contributed by atoms with Crippen LogP contribution in [0, 0.1) is 10.1 Å². The third kappa shape index (κ3) is 1.44. The van der Waals surface area contributed by atoms with Crippen molar-refractivity contribution in [1.82, 2.24) is 9.80 Å². The molecule has 7 nitrogen and oxygen atoms in total. The Morgan fingerprint density at radius 1 is 1.50 bits per heavy atom. The van der Waals surface area contributed by atoms with Crippen molar-refractivity contribution >= 4 is 11.7 Å². The molecule has 0 aromatic carbocycles. The molecule has 0 atom stereocenters. The summed E-state index contributed by atoms with van der Waals surface area (Å²) < 4.78 is 0. The van der Waals surface area contributed by atoms with Crippen LogP contribution in [0.3, 0.4) is 0 Å². The van der Waals surface area contributed by atoms with Crippen LogP contribution in [0.5, 0.6) is 0 Å². The predicted molar refractivity (Wildman–Crippen MR) is 59.8 cm³/mol. The van der Waals surface area contributed by atoms with Crippen LogP contribution in [-0.4, -0.2) is 53.6 Å². The van der Waals surface area contributed by atoms with E-state index < -0.39 is 4.92 Å². The maximum Gasteiger partial charge on any atom is 0.353 e. The SMILES string of the molecule is CC1=NC(N(C)C)=C([N+](=O)[O-])C2=NCCN12. The molecule has 0 unspecified atom stereocenters. The molecule has 0 fully saturated rings. The second-order valence-electron chi connectivity index (χ2n) is 3.84. The molecule has 16 heavy (non-hydrogen) atoms. The summed E-state index contributed by atoms with van der Waals surface area (Å²) in [5.41, 5.74) is -0.00639. The molecule has 0 radical (unpaired) electrons. The van der Waals surface area contributed by atoms with Gasteiger partial charge in [0.05, 0.1) is 11.5 Å². The molecule has 86 valence electrons. The van der Waals surface area contributed by atoms with Gasteiger partial charge >= 0.3 is 5.70 Å². The highest BCUT2D eigenvalue weighted by atomic mass is 16.6. The Hall–Kier alpha value is -1.92. The summed E-state index contributed by atoms with van der Waals surface area (Å²) in [5, 5.41) is 11.1. The van der Waals surface area contributed by atoms with Crippen molar-refractivity contribution in [2.75, 3.05) is 27.2 Å². The fourth-order valence-corrected chi connectivity index (χ4v) is 1.81. The Morgan fingerprint density at radius 3 is 2.75 bits per heavy atom. The molecule has 0 spiro atoms. The molecule has 2 rings (SSSR count). The molecule has 0 aromatic heterocycles. The van der Waals surface area contributed by atoms with Gasteiger partial charge in [0, 0.05) is 20.6 Å². The zero-order valence-corrected chi connectivity index (χ0v) is 9.47. The van der Waals surface area contributed by atoms with Crippen LogP contribution in [0.4, 0.5) is 0 Å². The summed E-state index contributed by atoms with van der Waals surface area (Å²) in [5.74, 6) is 1.55. The van der Waals surface area contributed by atoms with E-state index in [1.165, 1.54) is 0 Å². The average Bonchev–Trinajstić information content (AvgIpc) is 2.65. The Morgan fingerprint density at radius 2 is 2.19 bits per heavy atom. The van der Waals surface area contributed by atoms with Crippen LogP contribution in [0.1, 0.15) is 6.92 Å². The number of hydrogen-bond acceptors (Lipinski definition) is 6. The first kappa shape index (κ1) is 10.6. The number of rotatable bonds is 2. The van der Waals surface area contributed by atoms with Gasteiger partial charge in [0.15, 0.2) is 0 Å². The van der Waals surface area contributed by atoms with Crippen molar-refractivity contribution in [1.29, 1.82) is 0 Å². The highest BCUT2D eigenvalue weighted by Crippen LogP contribution is 2.22. The Kier molecular flexibility index (Phi) is 2.37. The van der Waals surface area contributed by atoms with Crippen molar-refractivity contribution in [2.24, 2.45) is 9.98 Å². The molecule has 0 aliphatic carbocycles. The number of nitrogens with zero attached hydrogens (tertiary/aromatic N) is 5. The molecular formula is C9H13N5O2. The molecule has 0 N–H and O–H groups in total. The van der Waals surface area contributed by atoms with Gasteiger partial charge in [-0.25, -0.2) is 4.99 Å². The van der Waals surface area contributed by atoms with Crippen LogP contribution in [-0.2, 0) is 0 Å². The van der Waals surface area contributed by atoms with Crippen molar-refractivity contribution in [3.05, 3.63) is 21.6 Å². The molecule has 0 bridgehead atoms. The summed E-state index contributed by atoms with van der Waals surface area (Å²) in [7, 11) is 3.47. The van der Waals surface area contributed by atoms with E-state index in [9.17, 15) is 10.1 Å². The minimum Gasteiger partial charge on any atom is -0.357 e. The van der Waals surface area contributed by atoms with Crippen molar-refractivity contribution < 1.29 is 4.92 Å². The fourth-order valence-electron chi connectivity index (χ4n) is 1.81. The van der Waals surface area contributed by atoms with Gasteiger partial charge in [-0.1, -0.05) is 0 Å². The number of amidine groups is 2. The average molecular weight is 223 g/mol. The first-order valence-corrected chi connectivity index (χ1v) is 4.96. The summed E-state index contributed by atoms with van der Waals surface area (Å²) in [6, 6.07) is 0. The van der Waals surface area contributed by atoms with Gasteiger partial charge in [0.25, 0.3) is 0 Å². The standard InChI is InChI=1S/C9H13N5O2/c1-6-11-9(12(2)3)7(14(15)16)8-10-4-5-13(6)8/h4-5H2,1-3H3. The van der Waals surface area contributed by atoms with Crippen LogP contribution < -0.4 is 0 Å². The van der Waals surface area contributed by atoms with Gasteiger partial charge in [-0.05, 0) is 6.92 Å². The lowest BCUT2D eigenvalue weighted by molar-refractivity contribution is -0.418. The van der Waals surface area contributed by atoms with E-state index in [2.05, 4.69) is 9.98 Å². The minimum absolute atomic E-state index is 0.00639. The largest absolute Gasteiger partial charge is 0.357 e. The van der Waals surface area contributed by atoms with Gasteiger partial charge in [0.2, 0.25) is 11.7 Å². The lowest BCUT2D eigenvalue weighted by Gasteiger charge is -2.25. The summed E-state index contributed by atoms with van der Waals surface area (Å²) in [6.45, 7) is 3.09. The quantitative estimate of drug-likeness (QED) is 0.493. The highest BCUT2D eigenvalue weighted by Gasteiger charge is 2.38. The van der Waals surface area contributed by atoms with Crippen molar-refractivity contribution in [3.63, 3.8) is 0 Å². The lowest BCUT2D eigenvalue weighted by atomic mass is 10.3. The van der Waals surface area contributed by atoms with E-state index in [1.807, 2.05) is 6.92 Å². The minimum atomic E-state index is -0.414. The number of aliphatic imine (C=N–C) groups is 2. The molecule has 7 heteroatoms. The third-order valence-corrected chi connectivity index (χ3v) is 2.53. The monoisotopic (exact) mass is 223 g/mol. The van der Waals surface area contributed by atoms with Crippen LogP contribution in [0.25, 0.3) is 0 Å². The molecule has 0 saturated carbocycles. The van der Waals surface area contributed by atoms with Gasteiger partial charge in [-0.3, -0.25) is 15.1 Å². The maximum atomic E-state index is 11.1. The molecular weight excluding hydrogens is 210 g/mol. The Labute approximate surface area is 92.9 Å². The van der Waals surface area contributed by atoms with Gasteiger partial charge < -0.3 is 9.80 Å². The lowest BCUT2D eigenvalue weighted by Crippen LogP contribution is -2.40. The number of hydrogen-bond donors (Lipinski definition) is 0. The maximum absolute atomic E-state index is 11.1. The number of fused-ring (bicyclic) bond motifs is 1. The Bertz CT molecular complexity index is 435. The normalized spacial score (nSPS) is 19.3. The van der Waals surface area contributed by atoms with Crippen molar-refractivity contribution in [3.8, 4) is 0 Å². The fraction of sp³-hybridized carbons (Fsp3) is 0.556. The zero-order valence-electron chi connectivity index (χ0n) is 9.47. The van der Waals surface area contributed by atoms with E-state index >= 15 is 0 Å². The van der Waals surface area contributed by atoms with Crippen LogP contribution >= 0.6 is 0 Å². The van der Waals surface area contributed by atoms with E-state index in [-0.39, 0.29) is 5.70 Å². The van der Waals surface area contributed by atoms with Gasteiger partial charge in [0.1, 0.15) is 5.84 Å². The highest BCUT2D eigenvalue weighted by molar-refractivity contribution is 6.10. The summed E-state index contributed by atoms with van der Waals surface area (Å²) in [4.78, 5) is 22.5. The van der Waals surface area contributed by atoms with Crippen LogP contribution in [0.2, 0.25) is 0 Å². The molecule has 0 amide bonds. The Balaban J connectivity index is 2.59. The molecule has 0 saturated heterocycles. The summed E-state index contributed by atoms with van der Waals surface area (Å²) in [6.07, 6.45) is 0. The van der Waals surface area contributed by atoms with Crippen LogP contribution in [0.15, 0.2) is 21.5 Å². The second-order valence-corrected chi connectivity index (χ2v) is 3.84. The molecule has 0 aromatic rings. The third-order valence-electron chi connectivity index (χ3n) is 2.53. The van der Waals surface area contributed by atoms with E-state index in [1.54, 1.807) is 23.9 Å². The predicted octanol–water partition coefficient (Wildman–Crippen LogP) is 0.140. The number of nitro groups is 1. The van der Waals surface area contributed by atoms with E-state index in [0.29, 0.717) is 24.7 Å². The second kappa shape index (κ2) is 3.58. The molecule has 2 heterocycles.